The molecule has 112 valence electrons. The molecule has 1 aromatic rings. The van der Waals surface area contributed by atoms with Crippen LogP contribution in [-0.4, -0.2) is 39.9 Å². The van der Waals surface area contributed by atoms with Crippen LogP contribution in [0.1, 0.15) is 32.1 Å². The topological polar surface area (TPSA) is 103 Å². The van der Waals surface area contributed by atoms with Gasteiger partial charge >= 0.3 is 6.03 Å². The molecule has 0 saturated heterocycles. The highest BCUT2D eigenvalue weighted by molar-refractivity contribution is 5.90. The molecular weight excluding hydrogens is 272 g/mol. The lowest BCUT2D eigenvalue weighted by molar-refractivity contribution is 0.248. The van der Waals surface area contributed by atoms with E-state index in [4.69, 9.17) is 0 Å². The van der Waals surface area contributed by atoms with Crippen LogP contribution in [0.15, 0.2) is 11.3 Å². The first-order valence-electron chi connectivity index (χ1n) is 7.16. The summed E-state index contributed by atoms with van der Waals surface area (Å²) in [4.78, 5) is 19.9. The number of anilines is 2. The van der Waals surface area contributed by atoms with Gasteiger partial charge in [0.1, 0.15) is 5.69 Å². The molecule has 2 heterocycles. The standard InChI is InChI=1S/C13H18N6O2/c20-11-10(17-13(21)16-9-4-1-2-5-9)8-14-12(18-11)19-7-3-6-15-19/h6,8-9H,1-5,7H2,(H,14,18,20)(H2,16,17,21). The molecule has 8 heteroatoms. The Kier molecular flexibility index (Phi) is 3.85. The number of aromatic hydroxyl groups is 1. The molecule has 2 aliphatic rings. The molecule has 3 N–H and O–H groups in total. The number of hydrazone groups is 1. The second-order valence-electron chi connectivity index (χ2n) is 5.20. The quantitative estimate of drug-likeness (QED) is 0.781. The first-order valence-corrected chi connectivity index (χ1v) is 7.16. The summed E-state index contributed by atoms with van der Waals surface area (Å²) >= 11 is 0. The van der Waals surface area contributed by atoms with Crippen LogP contribution in [0, 0.1) is 0 Å². The predicted molar refractivity (Wildman–Crippen MR) is 78.6 cm³/mol. The van der Waals surface area contributed by atoms with Gasteiger partial charge in [0.05, 0.1) is 6.20 Å². The van der Waals surface area contributed by atoms with Crippen molar-refractivity contribution in [1.29, 1.82) is 0 Å². The molecule has 0 aromatic carbocycles. The number of urea groups is 1. The molecule has 0 atom stereocenters. The summed E-state index contributed by atoms with van der Waals surface area (Å²) in [5.41, 5.74) is 0.192. The Labute approximate surface area is 122 Å². The minimum Gasteiger partial charge on any atom is -0.492 e. The third kappa shape index (κ3) is 3.21. The maximum absolute atomic E-state index is 11.8. The monoisotopic (exact) mass is 290 g/mol. The summed E-state index contributed by atoms with van der Waals surface area (Å²) in [5.74, 6) is 0.0617. The van der Waals surface area contributed by atoms with Crippen LogP contribution < -0.4 is 15.6 Å². The minimum atomic E-state index is -0.340. The van der Waals surface area contributed by atoms with E-state index in [1.165, 1.54) is 6.20 Å². The van der Waals surface area contributed by atoms with E-state index in [2.05, 4.69) is 25.7 Å². The Balaban J connectivity index is 1.62. The average Bonchev–Trinajstić information content (AvgIpc) is 3.13. The van der Waals surface area contributed by atoms with E-state index in [0.29, 0.717) is 12.5 Å². The van der Waals surface area contributed by atoms with Gasteiger partial charge in [0.25, 0.3) is 0 Å². The van der Waals surface area contributed by atoms with E-state index in [0.717, 1.165) is 32.1 Å². The van der Waals surface area contributed by atoms with E-state index in [1.54, 1.807) is 11.2 Å². The number of hydrogen-bond acceptors (Lipinski definition) is 6. The number of aromatic nitrogens is 2. The zero-order valence-electron chi connectivity index (χ0n) is 11.6. The van der Waals surface area contributed by atoms with Gasteiger partial charge in [-0.15, -0.1) is 0 Å². The van der Waals surface area contributed by atoms with E-state index >= 15 is 0 Å². The van der Waals surface area contributed by atoms with Crippen molar-refractivity contribution in [3.05, 3.63) is 6.20 Å². The van der Waals surface area contributed by atoms with Crippen molar-refractivity contribution in [3.8, 4) is 5.88 Å². The highest BCUT2D eigenvalue weighted by Crippen LogP contribution is 2.23. The van der Waals surface area contributed by atoms with Crippen LogP contribution in [0.5, 0.6) is 5.88 Å². The predicted octanol–water partition coefficient (Wildman–Crippen LogP) is 1.44. The van der Waals surface area contributed by atoms with Crippen LogP contribution >= 0.6 is 0 Å². The number of carbonyl (C=O) groups is 1. The molecule has 8 nitrogen and oxygen atoms in total. The first-order chi connectivity index (χ1) is 10.2. The van der Waals surface area contributed by atoms with Gasteiger partial charge in [0.2, 0.25) is 11.8 Å². The molecule has 3 rings (SSSR count). The van der Waals surface area contributed by atoms with Crippen molar-refractivity contribution in [2.45, 2.75) is 38.1 Å². The molecule has 0 spiro atoms. The Morgan fingerprint density at radius 3 is 2.86 bits per heavy atom. The number of carbonyl (C=O) groups excluding carboxylic acids is 1. The molecule has 21 heavy (non-hydrogen) atoms. The summed E-state index contributed by atoms with van der Waals surface area (Å²) in [6.07, 6.45) is 8.27. The Morgan fingerprint density at radius 1 is 1.38 bits per heavy atom. The fourth-order valence-corrected chi connectivity index (χ4v) is 2.54. The van der Waals surface area contributed by atoms with Crippen LogP contribution in [-0.2, 0) is 0 Å². The van der Waals surface area contributed by atoms with Crippen LogP contribution in [0.4, 0.5) is 16.4 Å². The van der Waals surface area contributed by atoms with Gasteiger partial charge in [-0.2, -0.15) is 10.1 Å². The lowest BCUT2D eigenvalue weighted by Crippen LogP contribution is -2.36. The third-order valence-electron chi connectivity index (χ3n) is 3.62. The van der Waals surface area contributed by atoms with Gasteiger partial charge in [-0.25, -0.2) is 14.8 Å². The maximum Gasteiger partial charge on any atom is 0.319 e. The Hall–Kier alpha value is -2.38. The second-order valence-corrected chi connectivity index (χ2v) is 5.20. The number of hydrogen-bond donors (Lipinski definition) is 3. The van der Waals surface area contributed by atoms with E-state index in [1.807, 2.05) is 0 Å². The highest BCUT2D eigenvalue weighted by atomic mass is 16.3. The number of rotatable bonds is 3. The molecule has 2 amide bonds. The van der Waals surface area contributed by atoms with Crippen molar-refractivity contribution in [2.75, 3.05) is 16.9 Å². The Morgan fingerprint density at radius 2 is 2.19 bits per heavy atom. The average molecular weight is 290 g/mol. The van der Waals surface area contributed by atoms with Crippen molar-refractivity contribution >= 4 is 23.9 Å². The fraction of sp³-hybridized carbons (Fsp3) is 0.538. The number of nitrogens with one attached hydrogen (secondary N) is 2. The largest absolute Gasteiger partial charge is 0.492 e. The van der Waals surface area contributed by atoms with Crippen LogP contribution in [0.2, 0.25) is 0 Å². The maximum atomic E-state index is 11.8. The van der Waals surface area contributed by atoms with Gasteiger partial charge in [0.15, 0.2) is 0 Å². The van der Waals surface area contributed by atoms with Crippen molar-refractivity contribution < 1.29 is 9.90 Å². The van der Waals surface area contributed by atoms with E-state index in [-0.39, 0.29) is 23.6 Å². The van der Waals surface area contributed by atoms with Crippen LogP contribution in [0.25, 0.3) is 0 Å². The molecule has 1 aromatic heterocycles. The first kappa shape index (κ1) is 13.6. The van der Waals surface area contributed by atoms with E-state index in [9.17, 15) is 9.90 Å². The number of amides is 2. The summed E-state index contributed by atoms with van der Waals surface area (Å²) in [7, 11) is 0. The number of nitrogens with zero attached hydrogens (tertiary/aromatic N) is 4. The van der Waals surface area contributed by atoms with Gasteiger partial charge in [0, 0.05) is 25.2 Å². The Bertz CT molecular complexity index is 556. The normalized spacial score (nSPS) is 18.2. The van der Waals surface area contributed by atoms with Gasteiger partial charge in [-0.3, -0.25) is 0 Å². The van der Waals surface area contributed by atoms with E-state index < -0.39 is 0 Å². The highest BCUT2D eigenvalue weighted by Gasteiger charge is 2.19. The molecule has 0 radical (unpaired) electrons. The molecular formula is C13H18N6O2. The zero-order valence-corrected chi connectivity index (χ0v) is 11.6. The zero-order chi connectivity index (χ0) is 14.7. The van der Waals surface area contributed by atoms with Gasteiger partial charge < -0.3 is 15.7 Å². The summed E-state index contributed by atoms with van der Waals surface area (Å²) in [6.45, 7) is 0.689. The molecule has 1 aliphatic carbocycles. The fourth-order valence-electron chi connectivity index (χ4n) is 2.54. The van der Waals surface area contributed by atoms with Gasteiger partial charge in [-0.1, -0.05) is 12.8 Å². The lowest BCUT2D eigenvalue weighted by Gasteiger charge is -2.15. The third-order valence-corrected chi connectivity index (χ3v) is 3.62. The lowest BCUT2D eigenvalue weighted by atomic mass is 10.2. The van der Waals surface area contributed by atoms with Gasteiger partial charge in [-0.05, 0) is 12.8 Å². The van der Waals surface area contributed by atoms with Crippen molar-refractivity contribution in [1.82, 2.24) is 15.3 Å². The van der Waals surface area contributed by atoms with Crippen molar-refractivity contribution in [3.63, 3.8) is 0 Å². The van der Waals surface area contributed by atoms with Crippen molar-refractivity contribution in [2.24, 2.45) is 5.10 Å². The molecule has 0 unspecified atom stereocenters. The summed E-state index contributed by atoms with van der Waals surface area (Å²) in [5, 5.41) is 21.0. The summed E-state index contributed by atoms with van der Waals surface area (Å²) < 4.78 is 0. The van der Waals surface area contributed by atoms with Crippen LogP contribution in [0.3, 0.4) is 0 Å². The molecule has 1 aliphatic heterocycles. The minimum absolute atomic E-state index is 0.192. The molecule has 0 bridgehead atoms. The summed E-state index contributed by atoms with van der Waals surface area (Å²) in [6, 6.07) is -0.126. The molecule has 1 fully saturated rings. The second kappa shape index (κ2) is 5.94. The molecule has 1 saturated carbocycles. The SMILES string of the molecule is O=C(Nc1cnc(N2CCC=N2)nc1O)NC1CCCC1. The smallest absolute Gasteiger partial charge is 0.319 e.